The number of rotatable bonds is 9. The average molecular weight is 381 g/mol. The predicted octanol–water partition coefficient (Wildman–Crippen LogP) is 2.40. The molecule has 146 valence electrons. The van der Waals surface area contributed by atoms with Gasteiger partial charge in [0.15, 0.2) is 5.96 Å². The van der Waals surface area contributed by atoms with E-state index in [0.717, 1.165) is 37.0 Å². The molecule has 1 saturated carbocycles. The molecule has 0 aliphatic heterocycles. The highest BCUT2D eigenvalue weighted by atomic mass is 32.2. The van der Waals surface area contributed by atoms with Crippen LogP contribution in [-0.4, -0.2) is 34.5 Å². The Kier molecular flexibility index (Phi) is 8.38. The first-order valence-corrected chi connectivity index (χ1v) is 11.1. The molecule has 1 aromatic carbocycles. The van der Waals surface area contributed by atoms with Gasteiger partial charge in [-0.05, 0) is 36.5 Å². The van der Waals surface area contributed by atoms with Gasteiger partial charge in [-0.2, -0.15) is 0 Å². The molecule has 4 N–H and O–H groups in total. The number of benzene rings is 1. The molecule has 2 rings (SSSR count). The summed E-state index contributed by atoms with van der Waals surface area (Å²) in [6.45, 7) is 1.67. The maximum absolute atomic E-state index is 11.2. The third-order valence-corrected chi connectivity index (χ3v) is 5.92. The summed E-state index contributed by atoms with van der Waals surface area (Å²) in [5, 5.41) is 11.7. The molecule has 26 heavy (non-hydrogen) atoms. The van der Waals surface area contributed by atoms with Crippen LogP contribution in [0.3, 0.4) is 0 Å². The molecule has 1 aliphatic carbocycles. The number of aliphatic imine (C=N–C) groups is 1. The Morgan fingerprint density at radius 2 is 1.77 bits per heavy atom. The minimum atomic E-state index is -3.62. The summed E-state index contributed by atoms with van der Waals surface area (Å²) >= 11 is 0. The smallest absolute Gasteiger partial charge is 0.238 e. The predicted molar refractivity (Wildman–Crippen MR) is 107 cm³/mol. The summed E-state index contributed by atoms with van der Waals surface area (Å²) < 4.78 is 22.5. The van der Waals surface area contributed by atoms with E-state index in [2.05, 4.69) is 15.6 Å². The van der Waals surface area contributed by atoms with Gasteiger partial charge in [-0.3, -0.25) is 4.99 Å². The van der Waals surface area contributed by atoms with E-state index in [-0.39, 0.29) is 4.90 Å². The third kappa shape index (κ3) is 7.33. The van der Waals surface area contributed by atoms with Crippen molar-refractivity contribution in [2.24, 2.45) is 16.0 Å². The van der Waals surface area contributed by atoms with Gasteiger partial charge in [0.05, 0.1) is 4.90 Å². The lowest BCUT2D eigenvalue weighted by Gasteiger charge is -2.13. The number of hydrogen-bond donors (Lipinski definition) is 3. The standard InChI is InChI=1S/C19H32N4O2S/c1-21-19(22-14-5-4-8-16-6-2-3-7-16)23-15-13-17-9-11-18(12-10-17)26(20,24)25/h9-12,16H,2-8,13-15H2,1H3,(H2,20,24,25)(H2,21,22,23). The molecule has 0 atom stereocenters. The van der Waals surface area contributed by atoms with Crippen LogP contribution in [0.4, 0.5) is 0 Å². The van der Waals surface area contributed by atoms with Gasteiger partial charge in [-0.1, -0.05) is 50.7 Å². The minimum Gasteiger partial charge on any atom is -0.356 e. The van der Waals surface area contributed by atoms with Crippen LogP contribution in [0.2, 0.25) is 0 Å². The molecule has 0 aromatic heterocycles. The number of nitrogens with one attached hydrogen (secondary N) is 2. The Hall–Kier alpha value is -1.60. The van der Waals surface area contributed by atoms with Crippen molar-refractivity contribution in [3.63, 3.8) is 0 Å². The van der Waals surface area contributed by atoms with Crippen molar-refractivity contribution in [1.82, 2.24) is 10.6 Å². The largest absolute Gasteiger partial charge is 0.356 e. The normalized spacial score (nSPS) is 16.0. The molecule has 1 fully saturated rings. The molecule has 0 amide bonds. The Labute approximate surface area is 157 Å². The van der Waals surface area contributed by atoms with Gasteiger partial charge < -0.3 is 10.6 Å². The summed E-state index contributed by atoms with van der Waals surface area (Å²) in [6.07, 6.45) is 10.3. The highest BCUT2D eigenvalue weighted by molar-refractivity contribution is 7.89. The third-order valence-electron chi connectivity index (χ3n) is 4.99. The Balaban J connectivity index is 1.60. The van der Waals surface area contributed by atoms with Crippen molar-refractivity contribution >= 4 is 16.0 Å². The van der Waals surface area contributed by atoms with Crippen LogP contribution in [0, 0.1) is 5.92 Å². The second-order valence-electron chi connectivity index (χ2n) is 7.01. The SMILES string of the molecule is CN=C(NCCCCC1CCCC1)NCCc1ccc(S(N)(=O)=O)cc1. The van der Waals surface area contributed by atoms with E-state index in [9.17, 15) is 8.42 Å². The molecule has 0 bridgehead atoms. The van der Waals surface area contributed by atoms with Gasteiger partial charge in [0.1, 0.15) is 0 Å². The summed E-state index contributed by atoms with van der Waals surface area (Å²) in [6, 6.07) is 6.67. The van der Waals surface area contributed by atoms with E-state index in [4.69, 9.17) is 5.14 Å². The molecule has 6 nitrogen and oxygen atoms in total. The quantitative estimate of drug-likeness (QED) is 0.348. The molecule has 1 aromatic rings. The second-order valence-corrected chi connectivity index (χ2v) is 8.57. The van der Waals surface area contributed by atoms with Crippen LogP contribution in [0.25, 0.3) is 0 Å². The van der Waals surface area contributed by atoms with Gasteiger partial charge in [0, 0.05) is 20.1 Å². The lowest BCUT2D eigenvalue weighted by molar-refractivity contribution is 0.472. The van der Waals surface area contributed by atoms with Crippen LogP contribution in [0.15, 0.2) is 34.2 Å². The van der Waals surface area contributed by atoms with E-state index in [1.165, 1.54) is 44.9 Å². The molecule has 0 radical (unpaired) electrons. The fourth-order valence-electron chi connectivity index (χ4n) is 3.46. The Bertz CT molecular complexity index is 665. The zero-order chi connectivity index (χ0) is 18.8. The van der Waals surface area contributed by atoms with Crippen molar-refractivity contribution in [1.29, 1.82) is 0 Å². The van der Waals surface area contributed by atoms with Crippen LogP contribution in [0.1, 0.15) is 50.5 Å². The zero-order valence-electron chi connectivity index (χ0n) is 15.7. The molecule has 0 spiro atoms. The summed E-state index contributed by atoms with van der Waals surface area (Å²) in [4.78, 5) is 4.38. The molecule has 0 saturated heterocycles. The topological polar surface area (TPSA) is 96.6 Å². The molecular formula is C19H32N4O2S. The second kappa shape index (κ2) is 10.5. The number of unbranched alkanes of at least 4 members (excludes halogenated alkanes) is 1. The lowest BCUT2D eigenvalue weighted by atomic mass is 10.0. The number of sulfonamides is 1. The molecule has 1 aliphatic rings. The van der Waals surface area contributed by atoms with Crippen LogP contribution >= 0.6 is 0 Å². The van der Waals surface area contributed by atoms with Gasteiger partial charge >= 0.3 is 0 Å². The summed E-state index contributed by atoms with van der Waals surface area (Å²) in [7, 11) is -1.85. The van der Waals surface area contributed by atoms with E-state index in [1.54, 1.807) is 31.3 Å². The fourth-order valence-corrected chi connectivity index (χ4v) is 3.97. The van der Waals surface area contributed by atoms with Crippen molar-refractivity contribution in [2.75, 3.05) is 20.1 Å². The lowest BCUT2D eigenvalue weighted by Crippen LogP contribution is -2.38. The molecular weight excluding hydrogens is 348 g/mol. The van der Waals surface area contributed by atoms with Gasteiger partial charge in [-0.25, -0.2) is 13.6 Å². The monoisotopic (exact) mass is 380 g/mol. The summed E-state index contributed by atoms with van der Waals surface area (Å²) in [5.41, 5.74) is 1.05. The first kappa shape index (κ1) is 20.7. The van der Waals surface area contributed by atoms with E-state index < -0.39 is 10.0 Å². The van der Waals surface area contributed by atoms with Crippen LogP contribution < -0.4 is 15.8 Å². The van der Waals surface area contributed by atoms with Gasteiger partial charge in [-0.15, -0.1) is 0 Å². The highest BCUT2D eigenvalue weighted by Crippen LogP contribution is 2.28. The Morgan fingerprint density at radius 3 is 2.38 bits per heavy atom. The van der Waals surface area contributed by atoms with Crippen molar-refractivity contribution in [3.8, 4) is 0 Å². The number of nitrogens with zero attached hydrogens (tertiary/aromatic N) is 1. The number of guanidine groups is 1. The van der Waals surface area contributed by atoms with E-state index >= 15 is 0 Å². The molecule has 0 heterocycles. The zero-order valence-corrected chi connectivity index (χ0v) is 16.5. The summed E-state index contributed by atoms with van der Waals surface area (Å²) in [5.74, 6) is 1.78. The van der Waals surface area contributed by atoms with Crippen molar-refractivity contribution in [2.45, 2.75) is 56.3 Å². The number of primary sulfonamides is 1. The van der Waals surface area contributed by atoms with Gasteiger partial charge in [0.2, 0.25) is 10.0 Å². The van der Waals surface area contributed by atoms with E-state index in [0.29, 0.717) is 0 Å². The first-order chi connectivity index (χ1) is 12.5. The van der Waals surface area contributed by atoms with E-state index in [1.807, 2.05) is 0 Å². The Morgan fingerprint density at radius 1 is 1.12 bits per heavy atom. The fraction of sp³-hybridized carbons (Fsp3) is 0.632. The maximum Gasteiger partial charge on any atom is 0.238 e. The van der Waals surface area contributed by atoms with Crippen LogP contribution in [-0.2, 0) is 16.4 Å². The minimum absolute atomic E-state index is 0.143. The van der Waals surface area contributed by atoms with Gasteiger partial charge in [0.25, 0.3) is 0 Å². The first-order valence-electron chi connectivity index (χ1n) is 9.55. The number of nitrogens with two attached hydrogens (primary N) is 1. The van der Waals surface area contributed by atoms with Crippen molar-refractivity contribution in [3.05, 3.63) is 29.8 Å². The average Bonchev–Trinajstić information content (AvgIpc) is 3.13. The number of hydrogen-bond acceptors (Lipinski definition) is 3. The van der Waals surface area contributed by atoms with Crippen LogP contribution in [0.5, 0.6) is 0 Å². The molecule has 0 unspecified atom stereocenters. The van der Waals surface area contributed by atoms with Crippen molar-refractivity contribution < 1.29 is 8.42 Å². The highest BCUT2D eigenvalue weighted by Gasteiger charge is 2.13. The maximum atomic E-state index is 11.2. The molecule has 7 heteroatoms.